The maximum Gasteiger partial charge on any atom is 0.296 e. The molecule has 1 aromatic heterocycles. The Morgan fingerprint density at radius 1 is 1.10 bits per heavy atom. The number of rotatable bonds is 9. The van der Waals surface area contributed by atoms with Gasteiger partial charge in [0.15, 0.2) is 27.4 Å². The molecule has 41 heavy (non-hydrogen) atoms. The maximum atomic E-state index is 13.5. The summed E-state index contributed by atoms with van der Waals surface area (Å²) in [6.07, 6.45) is 2.91. The predicted octanol–water partition coefficient (Wildman–Crippen LogP) is 7.03. The van der Waals surface area contributed by atoms with Crippen molar-refractivity contribution in [3.8, 4) is 11.5 Å². The number of phenolic OH excluding ortho intramolecular Hbond substituents is 1. The molecule has 1 unspecified atom stereocenters. The first kappa shape index (κ1) is 28.7. The number of hydrogen-bond acceptors (Lipinski definition) is 9. The largest absolute Gasteiger partial charge is 0.504 e. The van der Waals surface area contributed by atoms with Crippen LogP contribution in [0.25, 0.3) is 6.08 Å². The average Bonchev–Trinajstić information content (AvgIpc) is 3.54. The second-order valence-corrected chi connectivity index (χ2v) is 11.8. The molecule has 0 bridgehead atoms. The van der Waals surface area contributed by atoms with Crippen molar-refractivity contribution in [2.75, 3.05) is 12.0 Å². The second-order valence-electron chi connectivity index (χ2n) is 8.75. The Labute approximate surface area is 253 Å². The van der Waals surface area contributed by atoms with Gasteiger partial charge >= 0.3 is 0 Å². The molecule has 5 rings (SSSR count). The molecule has 8 nitrogen and oxygen atoms in total. The average molecular weight is 627 g/mol. The standard InChI is InChI=1S/C29H21Cl2N3O5S2/c1-39-23-13-17(9-12-21(23)35)25-24(22(36)11-7-16-5-3-2-4-6-16)26(37)27(38)34(25)28-32-33-29(41-28)40-15-18-8-10-19(30)14-20(18)31/h2-14,25,35,37H,15H2,1H3. The number of ether oxygens (including phenoxy) is 1. The molecule has 0 spiro atoms. The summed E-state index contributed by atoms with van der Waals surface area (Å²) in [6, 6.07) is 17.8. The quantitative estimate of drug-likeness (QED) is 0.116. The normalized spacial score (nSPS) is 15.2. The van der Waals surface area contributed by atoms with E-state index in [4.69, 9.17) is 27.9 Å². The van der Waals surface area contributed by atoms with Gasteiger partial charge in [0.2, 0.25) is 5.13 Å². The van der Waals surface area contributed by atoms with Gasteiger partial charge in [-0.15, -0.1) is 10.2 Å². The van der Waals surface area contributed by atoms with Gasteiger partial charge in [0.25, 0.3) is 5.91 Å². The highest BCUT2D eigenvalue weighted by atomic mass is 35.5. The fourth-order valence-corrected chi connectivity index (χ4v) is 6.62. The Bertz CT molecular complexity index is 1690. The summed E-state index contributed by atoms with van der Waals surface area (Å²) in [5.41, 5.74) is 1.91. The molecule has 12 heteroatoms. The fourth-order valence-electron chi connectivity index (χ4n) is 4.20. The lowest BCUT2D eigenvalue weighted by molar-refractivity contribution is -0.117. The lowest BCUT2D eigenvalue weighted by Crippen LogP contribution is -2.30. The van der Waals surface area contributed by atoms with Crippen LogP contribution in [0.15, 0.2) is 88.5 Å². The van der Waals surface area contributed by atoms with E-state index < -0.39 is 23.5 Å². The number of aliphatic hydroxyl groups excluding tert-OH is 1. The SMILES string of the molecule is COc1cc(C2C(C(=O)C=Cc3ccccc3)=C(O)C(=O)N2c2nnc(SCc3ccc(Cl)cc3Cl)s2)ccc1O. The molecule has 2 heterocycles. The minimum Gasteiger partial charge on any atom is -0.504 e. The van der Waals surface area contributed by atoms with Gasteiger partial charge in [0.05, 0.1) is 18.7 Å². The van der Waals surface area contributed by atoms with Gasteiger partial charge in [-0.2, -0.15) is 0 Å². The number of benzene rings is 3. The molecule has 0 saturated carbocycles. The van der Waals surface area contributed by atoms with E-state index >= 15 is 0 Å². The van der Waals surface area contributed by atoms with Crippen LogP contribution in [-0.4, -0.2) is 39.2 Å². The summed E-state index contributed by atoms with van der Waals surface area (Å²) >= 11 is 14.8. The summed E-state index contributed by atoms with van der Waals surface area (Å²) in [5.74, 6) is -1.55. The first-order valence-corrected chi connectivity index (χ1v) is 14.6. The number of methoxy groups -OCH3 is 1. The minimum absolute atomic E-state index is 0.118. The van der Waals surface area contributed by atoms with Crippen LogP contribution in [0.1, 0.15) is 22.7 Å². The Morgan fingerprint density at radius 3 is 2.61 bits per heavy atom. The predicted molar refractivity (Wildman–Crippen MR) is 161 cm³/mol. The number of ketones is 1. The number of aliphatic hydroxyl groups is 1. The van der Waals surface area contributed by atoms with Gasteiger partial charge in [0.1, 0.15) is 0 Å². The number of anilines is 1. The van der Waals surface area contributed by atoms with E-state index in [9.17, 15) is 19.8 Å². The Morgan fingerprint density at radius 2 is 1.88 bits per heavy atom. The number of aromatic nitrogens is 2. The van der Waals surface area contributed by atoms with Gasteiger partial charge in [-0.1, -0.05) is 94.8 Å². The molecule has 0 radical (unpaired) electrons. The van der Waals surface area contributed by atoms with Crippen LogP contribution >= 0.6 is 46.3 Å². The highest BCUT2D eigenvalue weighted by Crippen LogP contribution is 2.45. The summed E-state index contributed by atoms with van der Waals surface area (Å²) in [6.45, 7) is 0. The Hall–Kier alpha value is -3.83. The van der Waals surface area contributed by atoms with E-state index in [0.29, 0.717) is 25.7 Å². The van der Waals surface area contributed by atoms with Crippen LogP contribution < -0.4 is 9.64 Å². The van der Waals surface area contributed by atoms with Gasteiger partial charge in [-0.3, -0.25) is 14.5 Å². The number of phenols is 1. The third kappa shape index (κ3) is 6.11. The van der Waals surface area contributed by atoms with Crippen LogP contribution in [0.3, 0.4) is 0 Å². The molecule has 1 atom stereocenters. The summed E-state index contributed by atoms with van der Waals surface area (Å²) in [7, 11) is 1.39. The lowest BCUT2D eigenvalue weighted by Gasteiger charge is -2.24. The zero-order valence-corrected chi connectivity index (χ0v) is 24.5. The summed E-state index contributed by atoms with van der Waals surface area (Å²) in [5, 5.41) is 30.8. The van der Waals surface area contributed by atoms with E-state index in [0.717, 1.165) is 22.5 Å². The molecule has 0 saturated heterocycles. The molecule has 1 aliphatic rings. The van der Waals surface area contributed by atoms with E-state index in [1.54, 1.807) is 24.3 Å². The third-order valence-electron chi connectivity index (χ3n) is 6.19. The zero-order valence-electron chi connectivity index (χ0n) is 21.3. The smallest absolute Gasteiger partial charge is 0.296 e. The molecular weight excluding hydrogens is 605 g/mol. The van der Waals surface area contributed by atoms with Gasteiger partial charge in [0, 0.05) is 15.8 Å². The van der Waals surface area contributed by atoms with Gasteiger partial charge < -0.3 is 14.9 Å². The van der Waals surface area contributed by atoms with Crippen molar-refractivity contribution in [3.05, 3.63) is 111 Å². The van der Waals surface area contributed by atoms with Crippen LogP contribution in [0.4, 0.5) is 5.13 Å². The number of nitrogens with zero attached hydrogens (tertiary/aromatic N) is 3. The summed E-state index contributed by atoms with van der Waals surface area (Å²) < 4.78 is 5.80. The van der Waals surface area contributed by atoms with E-state index in [1.165, 1.54) is 42.0 Å². The van der Waals surface area contributed by atoms with Crippen molar-refractivity contribution >= 4 is 69.2 Å². The van der Waals surface area contributed by atoms with Crippen molar-refractivity contribution < 1.29 is 24.5 Å². The number of carbonyl (C=O) groups is 2. The first-order chi connectivity index (χ1) is 19.8. The zero-order chi connectivity index (χ0) is 29.1. The van der Waals surface area contributed by atoms with Crippen LogP contribution in [-0.2, 0) is 15.3 Å². The van der Waals surface area contributed by atoms with Crippen LogP contribution in [0, 0.1) is 0 Å². The van der Waals surface area contributed by atoms with Gasteiger partial charge in [-0.25, -0.2) is 0 Å². The molecule has 1 aliphatic heterocycles. The van der Waals surface area contributed by atoms with Crippen molar-refractivity contribution in [1.29, 1.82) is 0 Å². The number of aromatic hydroxyl groups is 1. The number of thioether (sulfide) groups is 1. The molecule has 3 aromatic carbocycles. The Kier molecular flexibility index (Phi) is 8.65. The van der Waals surface area contributed by atoms with Crippen molar-refractivity contribution in [1.82, 2.24) is 10.2 Å². The van der Waals surface area contributed by atoms with Crippen LogP contribution in [0.2, 0.25) is 10.0 Å². The molecule has 1 amide bonds. The molecule has 4 aromatic rings. The number of halogens is 2. The molecular formula is C29H21Cl2N3O5S2. The summed E-state index contributed by atoms with van der Waals surface area (Å²) in [4.78, 5) is 28.1. The second kappa shape index (κ2) is 12.4. The maximum absolute atomic E-state index is 13.5. The van der Waals surface area contributed by atoms with Crippen molar-refractivity contribution in [2.24, 2.45) is 0 Å². The van der Waals surface area contributed by atoms with E-state index in [-0.39, 0.29) is 22.2 Å². The highest BCUT2D eigenvalue weighted by Gasteiger charge is 2.45. The van der Waals surface area contributed by atoms with Crippen LogP contribution in [0.5, 0.6) is 11.5 Å². The Balaban J connectivity index is 1.49. The molecule has 2 N–H and O–H groups in total. The number of allylic oxidation sites excluding steroid dienone is 1. The topological polar surface area (TPSA) is 113 Å². The van der Waals surface area contributed by atoms with E-state index in [2.05, 4.69) is 10.2 Å². The molecule has 0 aliphatic carbocycles. The number of hydrogen-bond donors (Lipinski definition) is 2. The fraction of sp³-hybridized carbons (Fsp3) is 0.103. The molecule has 208 valence electrons. The minimum atomic E-state index is -1.05. The molecule has 0 fully saturated rings. The van der Waals surface area contributed by atoms with Crippen molar-refractivity contribution in [2.45, 2.75) is 16.1 Å². The van der Waals surface area contributed by atoms with Crippen molar-refractivity contribution in [3.63, 3.8) is 0 Å². The van der Waals surface area contributed by atoms with Gasteiger partial charge in [-0.05, 0) is 47.0 Å². The monoisotopic (exact) mass is 625 g/mol. The highest BCUT2D eigenvalue weighted by molar-refractivity contribution is 8.00. The number of amides is 1. The number of carbonyl (C=O) groups excluding carboxylic acids is 2. The van der Waals surface area contributed by atoms with E-state index in [1.807, 2.05) is 36.4 Å². The third-order valence-corrected chi connectivity index (χ3v) is 8.88. The lowest BCUT2D eigenvalue weighted by atomic mass is 9.95. The first-order valence-electron chi connectivity index (χ1n) is 12.1.